The van der Waals surface area contributed by atoms with Gasteiger partial charge in [-0.25, -0.2) is 0 Å². The predicted octanol–water partition coefficient (Wildman–Crippen LogP) is 4.00. The standard InChI is InChI=1S/C15H24O2Si/c1-8-11-9-10-12(16-5)13(15(2,3)4)14(11)17-18(6)7/h8-10,18H,1H2,2-7H3. The molecule has 0 unspecified atom stereocenters. The summed E-state index contributed by atoms with van der Waals surface area (Å²) >= 11 is 0. The molecule has 0 N–H and O–H groups in total. The summed E-state index contributed by atoms with van der Waals surface area (Å²) in [5.74, 6) is 1.83. The summed E-state index contributed by atoms with van der Waals surface area (Å²) in [5.41, 5.74) is 2.15. The first-order chi connectivity index (χ1) is 8.31. The monoisotopic (exact) mass is 264 g/mol. The molecule has 1 aromatic rings. The zero-order valence-corrected chi connectivity index (χ0v) is 13.5. The van der Waals surface area contributed by atoms with E-state index in [4.69, 9.17) is 9.16 Å². The number of benzene rings is 1. The van der Waals surface area contributed by atoms with Crippen molar-refractivity contribution in [3.63, 3.8) is 0 Å². The molecule has 0 spiro atoms. The fraction of sp³-hybridized carbons (Fsp3) is 0.467. The van der Waals surface area contributed by atoms with Crippen LogP contribution in [0.2, 0.25) is 13.1 Å². The lowest BCUT2D eigenvalue weighted by Crippen LogP contribution is -2.20. The van der Waals surface area contributed by atoms with Gasteiger partial charge < -0.3 is 9.16 Å². The third-order valence-corrected chi connectivity index (χ3v) is 3.40. The van der Waals surface area contributed by atoms with E-state index in [1.807, 2.05) is 18.2 Å². The minimum Gasteiger partial charge on any atom is -0.546 e. The van der Waals surface area contributed by atoms with Crippen molar-refractivity contribution in [1.82, 2.24) is 0 Å². The molecule has 1 rings (SSSR count). The SMILES string of the molecule is C=Cc1ccc(OC)c(C(C)(C)C)c1O[SiH](C)C. The molecule has 0 atom stereocenters. The van der Waals surface area contributed by atoms with Crippen LogP contribution in [0.15, 0.2) is 18.7 Å². The largest absolute Gasteiger partial charge is 0.546 e. The van der Waals surface area contributed by atoms with Crippen LogP contribution in [-0.4, -0.2) is 16.2 Å². The van der Waals surface area contributed by atoms with Crippen molar-refractivity contribution in [2.45, 2.75) is 39.3 Å². The van der Waals surface area contributed by atoms with Crippen molar-refractivity contribution in [1.29, 1.82) is 0 Å². The lowest BCUT2D eigenvalue weighted by molar-refractivity contribution is 0.391. The van der Waals surface area contributed by atoms with Crippen molar-refractivity contribution >= 4 is 15.1 Å². The average Bonchev–Trinajstić information content (AvgIpc) is 2.25. The predicted molar refractivity (Wildman–Crippen MR) is 81.3 cm³/mol. The smallest absolute Gasteiger partial charge is 0.229 e. The van der Waals surface area contributed by atoms with Gasteiger partial charge in [0, 0.05) is 11.1 Å². The summed E-state index contributed by atoms with van der Waals surface area (Å²) in [5, 5.41) is 0. The summed E-state index contributed by atoms with van der Waals surface area (Å²) in [7, 11) is 0.529. The highest BCUT2D eigenvalue weighted by Gasteiger charge is 2.26. The molecule has 0 saturated heterocycles. The second kappa shape index (κ2) is 5.61. The van der Waals surface area contributed by atoms with Crippen LogP contribution in [0.3, 0.4) is 0 Å². The summed E-state index contributed by atoms with van der Waals surface area (Å²) in [6, 6.07) is 4.00. The molecule has 3 heteroatoms. The van der Waals surface area contributed by atoms with Crippen molar-refractivity contribution in [3.05, 3.63) is 29.8 Å². The van der Waals surface area contributed by atoms with E-state index in [0.717, 1.165) is 22.6 Å². The fourth-order valence-electron chi connectivity index (χ4n) is 1.98. The second-order valence-electron chi connectivity index (χ2n) is 5.68. The molecular weight excluding hydrogens is 240 g/mol. The number of rotatable bonds is 4. The van der Waals surface area contributed by atoms with Crippen LogP contribution in [0, 0.1) is 0 Å². The molecule has 18 heavy (non-hydrogen) atoms. The summed E-state index contributed by atoms with van der Waals surface area (Å²) in [4.78, 5) is 0. The lowest BCUT2D eigenvalue weighted by atomic mass is 9.84. The van der Waals surface area contributed by atoms with Gasteiger partial charge in [-0.15, -0.1) is 0 Å². The molecule has 1 aromatic carbocycles. The fourth-order valence-corrected chi connectivity index (χ4v) is 2.71. The number of hydrogen-bond acceptors (Lipinski definition) is 2. The summed E-state index contributed by atoms with van der Waals surface area (Å²) < 4.78 is 11.6. The van der Waals surface area contributed by atoms with Gasteiger partial charge in [-0.3, -0.25) is 0 Å². The average molecular weight is 264 g/mol. The normalized spacial score (nSPS) is 11.5. The van der Waals surface area contributed by atoms with Crippen LogP contribution < -0.4 is 9.16 Å². The van der Waals surface area contributed by atoms with E-state index in [1.54, 1.807) is 7.11 Å². The minimum atomic E-state index is -1.17. The van der Waals surface area contributed by atoms with Gasteiger partial charge in [0.15, 0.2) is 0 Å². The molecule has 0 amide bonds. The molecule has 0 bridgehead atoms. The first kappa shape index (κ1) is 14.8. The van der Waals surface area contributed by atoms with Crippen LogP contribution in [0.1, 0.15) is 31.9 Å². The van der Waals surface area contributed by atoms with Gasteiger partial charge in [0.1, 0.15) is 11.5 Å². The van der Waals surface area contributed by atoms with E-state index in [1.165, 1.54) is 0 Å². The number of ether oxygens (including phenoxy) is 1. The van der Waals surface area contributed by atoms with E-state index in [0.29, 0.717) is 0 Å². The Kier molecular flexibility index (Phi) is 4.63. The molecular formula is C15H24O2Si. The summed E-state index contributed by atoms with van der Waals surface area (Å²) in [6.07, 6.45) is 1.85. The van der Waals surface area contributed by atoms with Crippen LogP contribution in [0.5, 0.6) is 11.5 Å². The topological polar surface area (TPSA) is 18.5 Å². The lowest BCUT2D eigenvalue weighted by Gasteiger charge is -2.27. The Morgan fingerprint density at radius 2 is 1.83 bits per heavy atom. The quantitative estimate of drug-likeness (QED) is 0.765. The highest BCUT2D eigenvalue weighted by atomic mass is 28.3. The van der Waals surface area contributed by atoms with Crippen molar-refractivity contribution in [2.24, 2.45) is 0 Å². The minimum absolute atomic E-state index is 0.0248. The third kappa shape index (κ3) is 3.16. The Hall–Kier alpha value is -1.22. The van der Waals surface area contributed by atoms with Gasteiger partial charge in [-0.2, -0.15) is 0 Å². The van der Waals surface area contributed by atoms with Gasteiger partial charge >= 0.3 is 0 Å². The van der Waals surface area contributed by atoms with Gasteiger partial charge in [-0.05, 0) is 30.6 Å². The van der Waals surface area contributed by atoms with Gasteiger partial charge in [0.05, 0.1) is 7.11 Å². The second-order valence-corrected chi connectivity index (χ2v) is 8.02. The molecule has 0 fully saturated rings. The Balaban J connectivity index is 3.53. The molecule has 0 saturated carbocycles. The van der Waals surface area contributed by atoms with Crippen LogP contribution in [-0.2, 0) is 5.41 Å². The molecule has 0 heterocycles. The highest BCUT2D eigenvalue weighted by Crippen LogP contribution is 2.41. The molecule has 0 aromatic heterocycles. The summed E-state index contributed by atoms with van der Waals surface area (Å²) in [6.45, 7) is 14.7. The molecule has 0 radical (unpaired) electrons. The highest BCUT2D eigenvalue weighted by molar-refractivity contribution is 6.49. The Labute approximate surface area is 112 Å². The maximum absolute atomic E-state index is 6.12. The van der Waals surface area contributed by atoms with Crippen molar-refractivity contribution in [2.75, 3.05) is 7.11 Å². The van der Waals surface area contributed by atoms with Gasteiger partial charge in [0.25, 0.3) is 0 Å². The van der Waals surface area contributed by atoms with E-state index < -0.39 is 9.04 Å². The maximum atomic E-state index is 6.12. The van der Waals surface area contributed by atoms with Crippen molar-refractivity contribution in [3.8, 4) is 11.5 Å². The van der Waals surface area contributed by atoms with Crippen LogP contribution >= 0.6 is 0 Å². The van der Waals surface area contributed by atoms with Crippen molar-refractivity contribution < 1.29 is 9.16 Å². The van der Waals surface area contributed by atoms with E-state index in [-0.39, 0.29) is 5.41 Å². The molecule has 0 aliphatic carbocycles. The van der Waals surface area contributed by atoms with Crippen LogP contribution in [0.4, 0.5) is 0 Å². The third-order valence-electron chi connectivity index (χ3n) is 2.69. The Morgan fingerprint density at radius 1 is 1.22 bits per heavy atom. The molecule has 2 nitrogen and oxygen atoms in total. The van der Waals surface area contributed by atoms with E-state index in [2.05, 4.69) is 40.4 Å². The first-order valence-corrected chi connectivity index (χ1v) is 9.10. The van der Waals surface area contributed by atoms with Crippen LogP contribution in [0.25, 0.3) is 6.08 Å². The van der Waals surface area contributed by atoms with Gasteiger partial charge in [0.2, 0.25) is 9.04 Å². The number of hydrogen-bond donors (Lipinski definition) is 0. The molecule has 0 aliphatic rings. The molecule has 0 aliphatic heterocycles. The Bertz CT molecular complexity index is 431. The van der Waals surface area contributed by atoms with E-state index >= 15 is 0 Å². The maximum Gasteiger partial charge on any atom is 0.229 e. The van der Waals surface area contributed by atoms with Gasteiger partial charge in [-0.1, -0.05) is 33.4 Å². The van der Waals surface area contributed by atoms with E-state index in [9.17, 15) is 0 Å². The first-order valence-electron chi connectivity index (χ1n) is 6.31. The number of methoxy groups -OCH3 is 1. The zero-order chi connectivity index (χ0) is 13.9. The zero-order valence-electron chi connectivity index (χ0n) is 12.3. The Morgan fingerprint density at radius 3 is 2.22 bits per heavy atom. The molecule has 100 valence electrons.